The molecule has 2 aromatic carbocycles. The zero-order chi connectivity index (χ0) is 11.4. The Morgan fingerprint density at radius 1 is 1.06 bits per heavy atom. The summed E-state index contributed by atoms with van der Waals surface area (Å²) in [5.41, 5.74) is 7.27. The fraction of sp³-hybridized carbons (Fsp3) is 0.0769. The van der Waals surface area contributed by atoms with Gasteiger partial charge < -0.3 is 10.5 Å². The summed E-state index contributed by atoms with van der Waals surface area (Å²) in [6.07, 6.45) is 0. The first kappa shape index (κ1) is 10.8. The summed E-state index contributed by atoms with van der Waals surface area (Å²) in [6, 6.07) is 15.0. The molecule has 2 N–H and O–H groups in total. The zero-order valence-electron chi connectivity index (χ0n) is 8.69. The Labute approximate surface area is 99.6 Å². The normalized spacial score (nSPS) is 10.1. The highest BCUT2D eigenvalue weighted by Gasteiger charge is 2.01. The van der Waals surface area contributed by atoms with Crippen LogP contribution >= 0.6 is 11.6 Å². The molecule has 0 amide bonds. The third-order valence-corrected chi connectivity index (χ3v) is 2.58. The van der Waals surface area contributed by atoms with Crippen LogP contribution in [0.5, 0.6) is 5.75 Å². The lowest BCUT2D eigenvalue weighted by molar-refractivity contribution is 0.306. The van der Waals surface area contributed by atoms with E-state index in [1.54, 1.807) is 12.1 Å². The molecule has 82 valence electrons. The Balaban J connectivity index is 2.08. The lowest BCUT2D eigenvalue weighted by Gasteiger charge is -2.08. The molecule has 2 nitrogen and oxygen atoms in total. The Morgan fingerprint density at radius 3 is 2.56 bits per heavy atom. The second-order valence-electron chi connectivity index (χ2n) is 3.45. The lowest BCUT2D eigenvalue weighted by Crippen LogP contribution is -1.97. The average molecular weight is 234 g/mol. The van der Waals surface area contributed by atoms with Crippen molar-refractivity contribution in [2.75, 3.05) is 5.73 Å². The molecule has 0 aromatic heterocycles. The molecule has 0 atom stereocenters. The predicted molar refractivity (Wildman–Crippen MR) is 66.6 cm³/mol. The van der Waals surface area contributed by atoms with Crippen LogP contribution in [0.25, 0.3) is 0 Å². The van der Waals surface area contributed by atoms with E-state index in [2.05, 4.69) is 0 Å². The van der Waals surface area contributed by atoms with Gasteiger partial charge in [-0.25, -0.2) is 0 Å². The van der Waals surface area contributed by atoms with E-state index >= 15 is 0 Å². The number of ether oxygens (including phenoxy) is 1. The van der Waals surface area contributed by atoms with Gasteiger partial charge in [0.2, 0.25) is 0 Å². The monoisotopic (exact) mass is 233 g/mol. The number of halogens is 1. The van der Waals surface area contributed by atoms with Crippen molar-refractivity contribution in [2.24, 2.45) is 0 Å². The van der Waals surface area contributed by atoms with E-state index in [-0.39, 0.29) is 0 Å². The minimum Gasteiger partial charge on any atom is -0.489 e. The lowest BCUT2D eigenvalue weighted by atomic mass is 10.2. The molecule has 0 spiro atoms. The standard InChI is InChI=1S/C13H12ClNO/c14-13-7-6-11(15)8-10(13)9-16-12-4-2-1-3-5-12/h1-8H,9,15H2. The van der Waals surface area contributed by atoms with Crippen LogP contribution in [-0.2, 0) is 6.61 Å². The number of para-hydroxylation sites is 1. The Morgan fingerprint density at radius 2 is 1.81 bits per heavy atom. The second-order valence-corrected chi connectivity index (χ2v) is 3.86. The highest BCUT2D eigenvalue weighted by molar-refractivity contribution is 6.31. The van der Waals surface area contributed by atoms with Crippen LogP contribution in [0, 0.1) is 0 Å². The molecule has 0 aliphatic heterocycles. The molecule has 0 unspecified atom stereocenters. The molecule has 3 heteroatoms. The van der Waals surface area contributed by atoms with E-state index in [1.807, 2.05) is 36.4 Å². The molecule has 0 saturated heterocycles. The van der Waals surface area contributed by atoms with Crippen LogP contribution in [0.3, 0.4) is 0 Å². The maximum atomic E-state index is 6.03. The second kappa shape index (κ2) is 4.90. The largest absolute Gasteiger partial charge is 0.489 e. The Kier molecular flexibility index (Phi) is 3.32. The topological polar surface area (TPSA) is 35.2 Å². The number of hydrogen-bond donors (Lipinski definition) is 1. The zero-order valence-corrected chi connectivity index (χ0v) is 9.45. The van der Waals surface area contributed by atoms with Gasteiger partial charge in [-0.1, -0.05) is 29.8 Å². The fourth-order valence-corrected chi connectivity index (χ4v) is 1.56. The van der Waals surface area contributed by atoms with E-state index in [9.17, 15) is 0 Å². The minimum atomic E-state index is 0.424. The van der Waals surface area contributed by atoms with Crippen molar-refractivity contribution < 1.29 is 4.74 Å². The smallest absolute Gasteiger partial charge is 0.119 e. The van der Waals surface area contributed by atoms with Crippen molar-refractivity contribution in [3.05, 3.63) is 59.1 Å². The number of nitrogens with two attached hydrogens (primary N) is 1. The van der Waals surface area contributed by atoms with Gasteiger partial charge in [0.1, 0.15) is 12.4 Å². The van der Waals surface area contributed by atoms with Crippen LogP contribution < -0.4 is 10.5 Å². The maximum absolute atomic E-state index is 6.03. The first-order chi connectivity index (χ1) is 7.75. The van der Waals surface area contributed by atoms with Gasteiger partial charge in [-0.15, -0.1) is 0 Å². The van der Waals surface area contributed by atoms with E-state index in [0.717, 1.165) is 11.3 Å². The molecular weight excluding hydrogens is 222 g/mol. The molecule has 2 aromatic rings. The number of rotatable bonds is 3. The van der Waals surface area contributed by atoms with Gasteiger partial charge in [0.25, 0.3) is 0 Å². The molecule has 2 rings (SSSR count). The minimum absolute atomic E-state index is 0.424. The predicted octanol–water partition coefficient (Wildman–Crippen LogP) is 3.50. The first-order valence-corrected chi connectivity index (χ1v) is 5.35. The summed E-state index contributed by atoms with van der Waals surface area (Å²) in [6.45, 7) is 0.424. The van der Waals surface area contributed by atoms with Crippen LogP contribution in [0.4, 0.5) is 5.69 Å². The van der Waals surface area contributed by atoms with Crippen molar-refractivity contribution in [3.8, 4) is 5.75 Å². The molecule has 0 saturated carbocycles. The number of benzene rings is 2. The van der Waals surface area contributed by atoms with Gasteiger partial charge in [0.05, 0.1) is 0 Å². The molecule has 0 bridgehead atoms. The van der Waals surface area contributed by atoms with Gasteiger partial charge in [-0.3, -0.25) is 0 Å². The molecule has 0 fully saturated rings. The summed E-state index contributed by atoms with van der Waals surface area (Å²) in [5, 5.41) is 0.671. The molecule has 16 heavy (non-hydrogen) atoms. The Hall–Kier alpha value is -1.67. The highest BCUT2D eigenvalue weighted by atomic mass is 35.5. The van der Waals surface area contributed by atoms with Crippen LogP contribution in [0.1, 0.15) is 5.56 Å². The third kappa shape index (κ3) is 2.67. The molecule has 0 aliphatic carbocycles. The van der Waals surface area contributed by atoms with Gasteiger partial charge >= 0.3 is 0 Å². The molecule has 0 radical (unpaired) electrons. The molecule has 0 aliphatic rings. The SMILES string of the molecule is Nc1ccc(Cl)c(COc2ccccc2)c1. The van der Waals surface area contributed by atoms with Gasteiger partial charge in [0.15, 0.2) is 0 Å². The summed E-state index contributed by atoms with van der Waals surface area (Å²) in [4.78, 5) is 0. The summed E-state index contributed by atoms with van der Waals surface area (Å²) >= 11 is 6.03. The number of anilines is 1. The summed E-state index contributed by atoms with van der Waals surface area (Å²) in [7, 11) is 0. The summed E-state index contributed by atoms with van der Waals surface area (Å²) in [5.74, 6) is 0.820. The van der Waals surface area contributed by atoms with Crippen molar-refractivity contribution in [1.82, 2.24) is 0 Å². The molecular formula is C13H12ClNO. The fourth-order valence-electron chi connectivity index (χ4n) is 1.38. The number of hydrogen-bond acceptors (Lipinski definition) is 2. The molecule has 0 heterocycles. The van der Waals surface area contributed by atoms with E-state index in [1.165, 1.54) is 0 Å². The van der Waals surface area contributed by atoms with Crippen molar-refractivity contribution in [2.45, 2.75) is 6.61 Å². The highest BCUT2D eigenvalue weighted by Crippen LogP contribution is 2.20. The van der Waals surface area contributed by atoms with Gasteiger partial charge in [-0.05, 0) is 30.3 Å². The van der Waals surface area contributed by atoms with Crippen molar-refractivity contribution >= 4 is 17.3 Å². The number of nitrogen functional groups attached to an aromatic ring is 1. The quantitative estimate of drug-likeness (QED) is 0.824. The average Bonchev–Trinajstić information content (AvgIpc) is 2.32. The van der Waals surface area contributed by atoms with E-state index in [0.29, 0.717) is 17.3 Å². The van der Waals surface area contributed by atoms with Crippen molar-refractivity contribution in [1.29, 1.82) is 0 Å². The third-order valence-electron chi connectivity index (χ3n) is 2.21. The summed E-state index contributed by atoms with van der Waals surface area (Å²) < 4.78 is 5.59. The van der Waals surface area contributed by atoms with E-state index in [4.69, 9.17) is 22.1 Å². The van der Waals surface area contributed by atoms with Gasteiger partial charge in [-0.2, -0.15) is 0 Å². The van der Waals surface area contributed by atoms with Crippen molar-refractivity contribution in [3.63, 3.8) is 0 Å². The Bertz CT molecular complexity index is 471. The van der Waals surface area contributed by atoms with E-state index < -0.39 is 0 Å². The van der Waals surface area contributed by atoms with Gasteiger partial charge in [0, 0.05) is 16.3 Å². The first-order valence-electron chi connectivity index (χ1n) is 4.97. The van der Waals surface area contributed by atoms with Crippen LogP contribution in [0.15, 0.2) is 48.5 Å². The maximum Gasteiger partial charge on any atom is 0.119 e. The van der Waals surface area contributed by atoms with Crippen LogP contribution in [0.2, 0.25) is 5.02 Å². The van der Waals surface area contributed by atoms with Crippen LogP contribution in [-0.4, -0.2) is 0 Å².